The van der Waals surface area contributed by atoms with Crippen molar-refractivity contribution in [1.29, 1.82) is 0 Å². The molecule has 2 N–H and O–H groups in total. The zero-order valence-electron chi connectivity index (χ0n) is 9.30. The third-order valence-electron chi connectivity index (χ3n) is 2.00. The van der Waals surface area contributed by atoms with E-state index in [0.29, 0.717) is 11.4 Å². The standard InChI is InChI=1S/C9H16N2O3S2/c1-3-4-8(12)5-11-16(13,14)9-6-10-7(2)15-9/h6,8,11-12H,3-5H2,1-2H3. The van der Waals surface area contributed by atoms with E-state index in [2.05, 4.69) is 9.71 Å². The number of aliphatic hydroxyl groups excluding tert-OH is 1. The number of hydrogen-bond acceptors (Lipinski definition) is 5. The fourth-order valence-electron chi connectivity index (χ4n) is 1.18. The number of hydrogen-bond donors (Lipinski definition) is 2. The molecule has 1 atom stereocenters. The smallest absolute Gasteiger partial charge is 0.251 e. The molecule has 16 heavy (non-hydrogen) atoms. The van der Waals surface area contributed by atoms with Crippen LogP contribution in [0.4, 0.5) is 0 Å². The van der Waals surface area contributed by atoms with Crippen molar-refractivity contribution in [3.63, 3.8) is 0 Å². The van der Waals surface area contributed by atoms with Crippen LogP contribution in [-0.2, 0) is 10.0 Å². The van der Waals surface area contributed by atoms with Gasteiger partial charge in [-0.25, -0.2) is 18.1 Å². The molecule has 1 aromatic heterocycles. The molecule has 0 amide bonds. The highest BCUT2D eigenvalue weighted by atomic mass is 32.2. The van der Waals surface area contributed by atoms with E-state index in [-0.39, 0.29) is 10.8 Å². The van der Waals surface area contributed by atoms with Crippen molar-refractivity contribution in [1.82, 2.24) is 9.71 Å². The molecule has 0 spiro atoms. The molecule has 0 radical (unpaired) electrons. The fourth-order valence-corrected chi connectivity index (χ4v) is 3.40. The molecule has 0 saturated heterocycles. The van der Waals surface area contributed by atoms with E-state index in [4.69, 9.17) is 0 Å². The highest BCUT2D eigenvalue weighted by Gasteiger charge is 2.17. The highest BCUT2D eigenvalue weighted by Crippen LogP contribution is 2.17. The number of nitrogens with zero attached hydrogens (tertiary/aromatic N) is 1. The summed E-state index contributed by atoms with van der Waals surface area (Å²) < 4.78 is 26.0. The lowest BCUT2D eigenvalue weighted by atomic mass is 10.2. The summed E-state index contributed by atoms with van der Waals surface area (Å²) in [5.41, 5.74) is 0. The van der Waals surface area contributed by atoms with Crippen molar-refractivity contribution in [2.45, 2.75) is 37.0 Å². The summed E-state index contributed by atoms with van der Waals surface area (Å²) >= 11 is 1.12. The Bertz CT molecular complexity index is 428. The zero-order chi connectivity index (χ0) is 12.2. The second-order valence-corrected chi connectivity index (χ2v) is 6.72. The summed E-state index contributed by atoms with van der Waals surface area (Å²) in [7, 11) is -3.51. The van der Waals surface area contributed by atoms with Crippen LogP contribution in [0.15, 0.2) is 10.4 Å². The molecule has 0 aliphatic rings. The normalized spacial score (nSPS) is 13.9. The van der Waals surface area contributed by atoms with E-state index in [0.717, 1.165) is 17.8 Å². The number of aromatic nitrogens is 1. The molecule has 1 aromatic rings. The van der Waals surface area contributed by atoms with Crippen LogP contribution in [0, 0.1) is 6.92 Å². The Morgan fingerprint density at radius 2 is 2.31 bits per heavy atom. The lowest BCUT2D eigenvalue weighted by molar-refractivity contribution is 0.167. The first kappa shape index (κ1) is 13.6. The summed E-state index contributed by atoms with van der Waals surface area (Å²) in [6.07, 6.45) is 2.11. The van der Waals surface area contributed by atoms with Gasteiger partial charge in [0.1, 0.15) is 0 Å². The lowest BCUT2D eigenvalue weighted by Gasteiger charge is -2.09. The fraction of sp³-hybridized carbons (Fsp3) is 0.667. The molecular weight excluding hydrogens is 248 g/mol. The number of rotatable bonds is 6. The lowest BCUT2D eigenvalue weighted by Crippen LogP contribution is -2.31. The van der Waals surface area contributed by atoms with Gasteiger partial charge in [0.15, 0.2) is 4.21 Å². The molecule has 5 nitrogen and oxygen atoms in total. The molecule has 0 aliphatic carbocycles. The first-order valence-corrected chi connectivity index (χ1v) is 7.36. The van der Waals surface area contributed by atoms with Gasteiger partial charge in [0.2, 0.25) is 0 Å². The van der Waals surface area contributed by atoms with Gasteiger partial charge in [0.05, 0.1) is 17.3 Å². The topological polar surface area (TPSA) is 79.3 Å². The summed E-state index contributed by atoms with van der Waals surface area (Å²) in [6.45, 7) is 3.73. The van der Waals surface area contributed by atoms with Crippen LogP contribution >= 0.6 is 11.3 Å². The molecule has 1 heterocycles. The van der Waals surface area contributed by atoms with E-state index >= 15 is 0 Å². The van der Waals surface area contributed by atoms with Gasteiger partial charge in [-0.15, -0.1) is 11.3 Å². The maximum Gasteiger partial charge on any atom is 0.251 e. The number of thiazole rings is 1. The third kappa shape index (κ3) is 3.82. The minimum absolute atomic E-state index is 0.0487. The number of nitrogens with one attached hydrogen (secondary N) is 1. The van der Waals surface area contributed by atoms with Crippen molar-refractivity contribution in [3.8, 4) is 0 Å². The molecule has 0 bridgehead atoms. The number of sulfonamides is 1. The number of aliphatic hydroxyl groups is 1. The minimum Gasteiger partial charge on any atom is -0.392 e. The predicted molar refractivity (Wildman–Crippen MR) is 63.0 cm³/mol. The van der Waals surface area contributed by atoms with Crippen molar-refractivity contribution >= 4 is 21.4 Å². The predicted octanol–water partition coefficient (Wildman–Crippen LogP) is 0.891. The Balaban J connectivity index is 2.59. The molecule has 7 heteroatoms. The third-order valence-corrected chi connectivity index (χ3v) is 4.79. The summed E-state index contributed by atoms with van der Waals surface area (Å²) in [4.78, 5) is 3.88. The van der Waals surface area contributed by atoms with E-state index in [1.165, 1.54) is 6.20 Å². The average Bonchev–Trinajstić information content (AvgIpc) is 2.63. The van der Waals surface area contributed by atoms with Gasteiger partial charge in [-0.3, -0.25) is 0 Å². The van der Waals surface area contributed by atoms with Crippen molar-refractivity contribution < 1.29 is 13.5 Å². The van der Waals surface area contributed by atoms with Gasteiger partial charge in [0.25, 0.3) is 10.0 Å². The minimum atomic E-state index is -3.51. The van der Waals surface area contributed by atoms with Crippen LogP contribution in [0.5, 0.6) is 0 Å². The Morgan fingerprint density at radius 3 is 2.81 bits per heavy atom. The highest BCUT2D eigenvalue weighted by molar-refractivity contribution is 7.91. The SMILES string of the molecule is CCCC(O)CNS(=O)(=O)c1cnc(C)s1. The Hall–Kier alpha value is -0.500. The van der Waals surface area contributed by atoms with Crippen LogP contribution in [0.2, 0.25) is 0 Å². The Kier molecular flexibility index (Phi) is 4.85. The molecule has 1 unspecified atom stereocenters. The van der Waals surface area contributed by atoms with Crippen LogP contribution < -0.4 is 4.72 Å². The molecule has 0 saturated carbocycles. The van der Waals surface area contributed by atoms with Gasteiger partial charge < -0.3 is 5.11 Å². The quantitative estimate of drug-likeness (QED) is 0.800. The molecule has 1 rings (SSSR count). The molecule has 92 valence electrons. The van der Waals surface area contributed by atoms with Crippen LogP contribution in [-0.4, -0.2) is 31.2 Å². The second kappa shape index (κ2) is 5.72. The maximum absolute atomic E-state index is 11.7. The first-order chi connectivity index (χ1) is 7.45. The zero-order valence-corrected chi connectivity index (χ0v) is 10.9. The van der Waals surface area contributed by atoms with Crippen molar-refractivity contribution in [2.75, 3.05) is 6.54 Å². The van der Waals surface area contributed by atoms with E-state index < -0.39 is 16.1 Å². The largest absolute Gasteiger partial charge is 0.392 e. The summed E-state index contributed by atoms with van der Waals surface area (Å²) in [5.74, 6) is 0. The first-order valence-electron chi connectivity index (χ1n) is 5.06. The van der Waals surface area contributed by atoms with Crippen LogP contribution in [0.1, 0.15) is 24.8 Å². The second-order valence-electron chi connectivity index (χ2n) is 3.49. The van der Waals surface area contributed by atoms with Gasteiger partial charge in [0, 0.05) is 6.54 Å². The molecule has 0 aromatic carbocycles. The van der Waals surface area contributed by atoms with E-state index in [1.54, 1.807) is 6.92 Å². The van der Waals surface area contributed by atoms with Gasteiger partial charge >= 0.3 is 0 Å². The molecule has 0 aliphatic heterocycles. The monoisotopic (exact) mass is 264 g/mol. The van der Waals surface area contributed by atoms with Crippen molar-refractivity contribution in [3.05, 3.63) is 11.2 Å². The van der Waals surface area contributed by atoms with Gasteiger partial charge in [-0.05, 0) is 13.3 Å². The Labute approximate surface area is 99.6 Å². The van der Waals surface area contributed by atoms with Gasteiger partial charge in [-0.2, -0.15) is 0 Å². The molecular formula is C9H16N2O3S2. The summed E-state index contributed by atoms with van der Waals surface area (Å²) in [6, 6.07) is 0. The summed E-state index contributed by atoms with van der Waals surface area (Å²) in [5, 5.41) is 10.1. The van der Waals surface area contributed by atoms with Crippen LogP contribution in [0.3, 0.4) is 0 Å². The maximum atomic E-state index is 11.7. The van der Waals surface area contributed by atoms with Gasteiger partial charge in [-0.1, -0.05) is 13.3 Å². The molecule has 0 fully saturated rings. The van der Waals surface area contributed by atoms with Crippen LogP contribution in [0.25, 0.3) is 0 Å². The Morgan fingerprint density at radius 1 is 1.62 bits per heavy atom. The average molecular weight is 264 g/mol. The van der Waals surface area contributed by atoms with E-state index in [9.17, 15) is 13.5 Å². The number of aryl methyl sites for hydroxylation is 1. The van der Waals surface area contributed by atoms with E-state index in [1.807, 2.05) is 6.92 Å². The van der Waals surface area contributed by atoms with Crippen molar-refractivity contribution in [2.24, 2.45) is 0 Å².